The number of rotatable bonds is 25. The number of esters is 1. The number of nitrogens with zero attached hydrogens (tertiary/aromatic N) is 1. The molecule has 0 aromatic heterocycles. The standard InChI is InChI=1S/C36H64NO7P/c1-4-5-6-7-8-9-10-11-12-13-14-15-16-19-28-41-29-34(44-32(2)38)30-42-45(39,40)43-31-36(3)24-18-17-20-35(36)37-25-21-33(22-26-37)23-27-37/h17-18,20,24,33-35H,4-16,19,21-23,25-31H2,1-3H3/p+1. The van der Waals surface area contributed by atoms with E-state index in [0.717, 1.165) is 42.9 Å². The highest BCUT2D eigenvalue weighted by atomic mass is 31.2. The van der Waals surface area contributed by atoms with Gasteiger partial charge in [0.15, 0.2) is 0 Å². The van der Waals surface area contributed by atoms with Crippen LogP contribution in [0.4, 0.5) is 0 Å². The van der Waals surface area contributed by atoms with Crippen molar-refractivity contribution in [3.63, 3.8) is 0 Å². The second-order valence-electron chi connectivity index (χ2n) is 14.3. The molecule has 9 heteroatoms. The third-order valence-electron chi connectivity index (χ3n) is 10.3. The number of hydrogen-bond acceptors (Lipinski definition) is 6. The van der Waals surface area contributed by atoms with Crippen LogP contribution in [0.1, 0.15) is 130 Å². The first-order valence-corrected chi connectivity index (χ1v) is 19.8. The molecule has 0 spiro atoms. The van der Waals surface area contributed by atoms with E-state index in [0.29, 0.717) is 6.61 Å². The van der Waals surface area contributed by atoms with Gasteiger partial charge in [-0.2, -0.15) is 0 Å². The second kappa shape index (κ2) is 20.4. The van der Waals surface area contributed by atoms with Crippen LogP contribution in [0.15, 0.2) is 24.3 Å². The Labute approximate surface area is 274 Å². The van der Waals surface area contributed by atoms with Gasteiger partial charge in [-0.1, -0.05) is 109 Å². The van der Waals surface area contributed by atoms with Crippen LogP contribution in [0.2, 0.25) is 0 Å². The molecule has 260 valence electrons. The molecule has 3 fully saturated rings. The van der Waals surface area contributed by atoms with Gasteiger partial charge in [-0.3, -0.25) is 13.8 Å². The molecule has 0 amide bonds. The maximum atomic E-state index is 12.9. The second-order valence-corrected chi connectivity index (χ2v) is 15.7. The van der Waals surface area contributed by atoms with Gasteiger partial charge in [-0.05, 0) is 44.6 Å². The zero-order valence-electron chi connectivity index (χ0n) is 28.8. The first-order valence-electron chi connectivity index (χ1n) is 18.3. The number of fused-ring (bicyclic) bond motifs is 3. The maximum absolute atomic E-state index is 12.9. The van der Waals surface area contributed by atoms with Crippen LogP contribution in [0.5, 0.6) is 0 Å². The molecule has 1 N–H and O–H groups in total. The van der Waals surface area contributed by atoms with Gasteiger partial charge in [-0.25, -0.2) is 4.57 Å². The highest BCUT2D eigenvalue weighted by molar-refractivity contribution is 7.47. The molecule has 3 saturated heterocycles. The van der Waals surface area contributed by atoms with Crippen molar-refractivity contribution in [1.29, 1.82) is 0 Å². The Balaban J connectivity index is 1.28. The summed E-state index contributed by atoms with van der Waals surface area (Å²) in [6, 6.07) is 0.195. The first kappa shape index (κ1) is 38.4. The fraction of sp³-hybridized carbons (Fsp3) is 0.861. The van der Waals surface area contributed by atoms with E-state index < -0.39 is 25.3 Å². The lowest BCUT2D eigenvalue weighted by molar-refractivity contribution is -0.964. The number of piperidine rings is 3. The molecule has 4 unspecified atom stereocenters. The molecule has 4 rings (SSSR count). The maximum Gasteiger partial charge on any atom is 0.472 e. The number of quaternary nitrogens is 1. The molecular weight excluding hydrogens is 589 g/mol. The summed E-state index contributed by atoms with van der Waals surface area (Å²) in [6.07, 6.45) is 29.6. The molecule has 4 aliphatic rings. The highest BCUT2D eigenvalue weighted by Crippen LogP contribution is 2.49. The summed E-state index contributed by atoms with van der Waals surface area (Å²) in [4.78, 5) is 22.2. The van der Waals surface area contributed by atoms with Gasteiger partial charge in [0.25, 0.3) is 0 Å². The third kappa shape index (κ3) is 13.9. The van der Waals surface area contributed by atoms with Crippen molar-refractivity contribution in [3.05, 3.63) is 24.3 Å². The van der Waals surface area contributed by atoms with E-state index in [1.54, 1.807) is 0 Å². The molecule has 4 atom stereocenters. The summed E-state index contributed by atoms with van der Waals surface area (Å²) in [7, 11) is -4.37. The van der Waals surface area contributed by atoms with Crippen LogP contribution in [0, 0.1) is 11.3 Å². The van der Waals surface area contributed by atoms with E-state index >= 15 is 0 Å². The average molecular weight is 655 g/mol. The molecule has 0 radical (unpaired) electrons. The zero-order valence-corrected chi connectivity index (χ0v) is 29.7. The number of hydrogen-bond donors (Lipinski definition) is 1. The Hall–Kier alpha value is -1.02. The van der Waals surface area contributed by atoms with Crippen LogP contribution in [0.3, 0.4) is 0 Å². The third-order valence-corrected chi connectivity index (χ3v) is 11.3. The lowest BCUT2D eigenvalue weighted by atomic mass is 9.74. The van der Waals surface area contributed by atoms with Crippen molar-refractivity contribution in [2.75, 3.05) is 46.1 Å². The van der Waals surface area contributed by atoms with Crippen LogP contribution in [-0.4, -0.2) is 73.6 Å². The lowest BCUT2D eigenvalue weighted by Crippen LogP contribution is -2.67. The van der Waals surface area contributed by atoms with Crippen molar-refractivity contribution < 1.29 is 37.3 Å². The number of unbranched alkanes of at least 4 members (excludes halogenated alkanes) is 13. The summed E-state index contributed by atoms with van der Waals surface area (Å²) < 4.78 is 36.0. The van der Waals surface area contributed by atoms with Crippen LogP contribution < -0.4 is 0 Å². The Morgan fingerprint density at radius 3 is 1.98 bits per heavy atom. The number of phosphoric acid groups is 1. The molecule has 3 heterocycles. The topological polar surface area (TPSA) is 91.3 Å². The minimum atomic E-state index is -4.37. The molecule has 0 aromatic carbocycles. The van der Waals surface area contributed by atoms with Gasteiger partial charge in [0.1, 0.15) is 12.1 Å². The smallest absolute Gasteiger partial charge is 0.458 e. The molecule has 0 aromatic rings. The molecule has 1 aliphatic carbocycles. The van der Waals surface area contributed by atoms with Gasteiger partial charge in [0.05, 0.1) is 44.9 Å². The van der Waals surface area contributed by atoms with Crippen LogP contribution in [-0.2, 0) is 27.9 Å². The zero-order chi connectivity index (χ0) is 32.4. The monoisotopic (exact) mass is 654 g/mol. The average Bonchev–Trinajstić information content (AvgIpc) is 3.03. The van der Waals surface area contributed by atoms with Gasteiger partial charge >= 0.3 is 13.8 Å². The largest absolute Gasteiger partial charge is 0.472 e. The molecule has 3 aliphatic heterocycles. The predicted molar refractivity (Wildman–Crippen MR) is 181 cm³/mol. The van der Waals surface area contributed by atoms with Crippen molar-refractivity contribution in [3.8, 4) is 0 Å². The van der Waals surface area contributed by atoms with Gasteiger partial charge in [0.2, 0.25) is 0 Å². The van der Waals surface area contributed by atoms with Gasteiger partial charge in [-0.15, -0.1) is 0 Å². The van der Waals surface area contributed by atoms with Gasteiger partial charge < -0.3 is 18.9 Å². The number of carbonyl (C=O) groups is 1. The minimum Gasteiger partial charge on any atom is -0.458 e. The summed E-state index contributed by atoms with van der Waals surface area (Å²) in [5.41, 5.74) is -0.424. The lowest BCUT2D eigenvalue weighted by Gasteiger charge is -2.56. The molecule has 0 saturated carbocycles. The summed E-state index contributed by atoms with van der Waals surface area (Å²) in [5, 5.41) is 0. The molecular formula is C36H65NO7P+. The highest BCUT2D eigenvalue weighted by Gasteiger charge is 2.51. The van der Waals surface area contributed by atoms with Crippen molar-refractivity contribution in [1.82, 2.24) is 0 Å². The minimum absolute atomic E-state index is 0.0730. The predicted octanol–water partition coefficient (Wildman–Crippen LogP) is 8.68. The van der Waals surface area contributed by atoms with Crippen LogP contribution >= 0.6 is 7.82 Å². The molecule has 45 heavy (non-hydrogen) atoms. The Morgan fingerprint density at radius 1 is 0.867 bits per heavy atom. The molecule has 2 bridgehead atoms. The Morgan fingerprint density at radius 2 is 1.42 bits per heavy atom. The van der Waals surface area contributed by atoms with E-state index in [4.69, 9.17) is 18.5 Å². The number of allylic oxidation sites excluding steroid dienone is 2. The van der Waals surface area contributed by atoms with E-state index in [-0.39, 0.29) is 25.9 Å². The fourth-order valence-electron chi connectivity index (χ4n) is 7.61. The van der Waals surface area contributed by atoms with Crippen molar-refractivity contribution >= 4 is 13.8 Å². The normalized spacial score (nSPS) is 27.8. The SMILES string of the molecule is CCCCCCCCCCCCCCCCOCC(COP(=O)(O)OCC1(C)C=CC=CC1[N+]12CCC(CC1)CC2)OC(C)=O. The van der Waals surface area contributed by atoms with Crippen molar-refractivity contribution in [2.45, 2.75) is 142 Å². The Kier molecular flexibility index (Phi) is 17.4. The van der Waals surface area contributed by atoms with E-state index in [2.05, 4.69) is 32.1 Å². The number of phosphoric ester groups is 1. The van der Waals surface area contributed by atoms with Gasteiger partial charge in [0, 0.05) is 13.5 Å². The van der Waals surface area contributed by atoms with E-state index in [9.17, 15) is 14.3 Å². The molecule has 8 nitrogen and oxygen atoms in total. The number of carbonyl (C=O) groups excluding carboxylic acids is 1. The fourth-order valence-corrected chi connectivity index (χ4v) is 8.48. The van der Waals surface area contributed by atoms with E-state index in [1.165, 1.54) is 103 Å². The van der Waals surface area contributed by atoms with Crippen molar-refractivity contribution in [2.24, 2.45) is 11.3 Å². The van der Waals surface area contributed by atoms with Crippen LogP contribution in [0.25, 0.3) is 0 Å². The number of ether oxygens (including phenoxy) is 2. The summed E-state index contributed by atoms with van der Waals surface area (Å²) in [5.74, 6) is 0.376. The quantitative estimate of drug-likeness (QED) is 0.0456. The summed E-state index contributed by atoms with van der Waals surface area (Å²) >= 11 is 0. The first-order chi connectivity index (χ1) is 21.7. The Bertz CT molecular complexity index is 934. The van der Waals surface area contributed by atoms with E-state index in [1.807, 2.05) is 6.08 Å². The summed E-state index contributed by atoms with van der Waals surface area (Å²) in [6.45, 7) is 9.64.